The Morgan fingerprint density at radius 1 is 0.818 bits per heavy atom. The van der Waals surface area contributed by atoms with Crippen LogP contribution in [0.15, 0.2) is 96.1 Å². The maximum Gasteiger partial charge on any atom is 0.304 e. The van der Waals surface area contributed by atoms with Crippen molar-refractivity contribution < 1.29 is 4.57 Å². The van der Waals surface area contributed by atoms with Crippen molar-refractivity contribution >= 4 is 38.7 Å². The minimum atomic E-state index is -0.240. The van der Waals surface area contributed by atoms with Gasteiger partial charge in [0.2, 0.25) is 12.3 Å². The standard InChI is InChI=1S/C27H21N5O/c28-27-29-25-24(26(33)30-27)31(15-18-9-11-20-5-1-3-7-22(20)13-18)17-32(25)16-19-10-12-21-6-2-4-8-23(21)14-19/h1-14,17H,15-16H2,(H2-,28,29,30,33)/p+1. The molecule has 0 atom stereocenters. The first-order chi connectivity index (χ1) is 16.1. The molecule has 2 heterocycles. The highest BCUT2D eigenvalue weighted by Gasteiger charge is 2.22. The lowest BCUT2D eigenvalue weighted by Gasteiger charge is -2.02. The van der Waals surface area contributed by atoms with Gasteiger partial charge in [-0.25, -0.2) is 9.13 Å². The van der Waals surface area contributed by atoms with Crippen LogP contribution in [-0.4, -0.2) is 14.5 Å². The molecule has 33 heavy (non-hydrogen) atoms. The van der Waals surface area contributed by atoms with Crippen molar-refractivity contribution in [3.05, 3.63) is 113 Å². The average molecular weight is 433 g/mol. The van der Waals surface area contributed by atoms with Crippen molar-refractivity contribution in [1.29, 1.82) is 0 Å². The van der Waals surface area contributed by atoms with E-state index in [4.69, 9.17) is 5.73 Å². The molecular formula is C27H22N5O+. The summed E-state index contributed by atoms with van der Waals surface area (Å²) in [5.74, 6) is 0.114. The Labute approximate surface area is 189 Å². The summed E-state index contributed by atoms with van der Waals surface area (Å²) < 4.78 is 3.94. The van der Waals surface area contributed by atoms with E-state index in [0.717, 1.165) is 11.1 Å². The first kappa shape index (κ1) is 19.3. The van der Waals surface area contributed by atoms with Crippen LogP contribution in [0, 0.1) is 0 Å². The Hall–Kier alpha value is -4.45. The van der Waals surface area contributed by atoms with E-state index < -0.39 is 0 Å². The van der Waals surface area contributed by atoms with Crippen LogP contribution in [-0.2, 0) is 13.1 Å². The number of H-pyrrole nitrogens is 1. The number of imidazole rings is 1. The van der Waals surface area contributed by atoms with Gasteiger partial charge in [-0.2, -0.15) is 4.98 Å². The second kappa shape index (κ2) is 7.60. The van der Waals surface area contributed by atoms with Crippen LogP contribution in [0.3, 0.4) is 0 Å². The van der Waals surface area contributed by atoms with Crippen molar-refractivity contribution in [3.8, 4) is 0 Å². The monoisotopic (exact) mass is 432 g/mol. The number of hydrogen-bond donors (Lipinski definition) is 2. The van der Waals surface area contributed by atoms with E-state index >= 15 is 0 Å². The van der Waals surface area contributed by atoms with E-state index in [1.807, 2.05) is 39.7 Å². The number of nitrogens with one attached hydrogen (secondary N) is 1. The summed E-state index contributed by atoms with van der Waals surface area (Å²) in [5, 5.41) is 4.74. The lowest BCUT2D eigenvalue weighted by atomic mass is 10.1. The summed E-state index contributed by atoms with van der Waals surface area (Å²) >= 11 is 0. The number of nitrogen functional groups attached to an aromatic ring is 1. The second-order valence-corrected chi connectivity index (χ2v) is 8.36. The predicted octanol–water partition coefficient (Wildman–Crippen LogP) is 4.00. The molecule has 0 saturated heterocycles. The van der Waals surface area contributed by atoms with Gasteiger partial charge in [0.15, 0.2) is 0 Å². The Bertz CT molecular complexity index is 1710. The van der Waals surface area contributed by atoms with Gasteiger partial charge < -0.3 is 5.73 Å². The first-order valence-electron chi connectivity index (χ1n) is 10.9. The maximum absolute atomic E-state index is 12.9. The zero-order chi connectivity index (χ0) is 22.4. The Morgan fingerprint density at radius 2 is 1.42 bits per heavy atom. The molecule has 160 valence electrons. The van der Waals surface area contributed by atoms with Crippen LogP contribution in [0.1, 0.15) is 11.1 Å². The summed E-state index contributed by atoms with van der Waals surface area (Å²) in [7, 11) is 0. The topological polar surface area (TPSA) is 80.6 Å². The smallest absolute Gasteiger partial charge is 0.304 e. The fraction of sp³-hybridized carbons (Fsp3) is 0.0741. The third-order valence-electron chi connectivity index (χ3n) is 6.07. The number of anilines is 1. The quantitative estimate of drug-likeness (QED) is 0.413. The normalized spacial score (nSPS) is 11.5. The molecule has 6 aromatic rings. The summed E-state index contributed by atoms with van der Waals surface area (Å²) in [5.41, 5.74) is 8.98. The third-order valence-corrected chi connectivity index (χ3v) is 6.07. The summed E-state index contributed by atoms with van der Waals surface area (Å²) in [4.78, 5) is 20.0. The lowest BCUT2D eigenvalue weighted by Crippen LogP contribution is -2.37. The predicted molar refractivity (Wildman–Crippen MR) is 131 cm³/mol. The number of nitrogens with two attached hydrogens (primary N) is 1. The number of aromatic nitrogens is 4. The molecule has 6 rings (SSSR count). The number of benzene rings is 4. The third kappa shape index (κ3) is 3.51. The molecule has 0 saturated carbocycles. The van der Waals surface area contributed by atoms with E-state index in [9.17, 15) is 4.79 Å². The molecule has 6 nitrogen and oxygen atoms in total. The van der Waals surface area contributed by atoms with Crippen LogP contribution < -0.4 is 15.9 Å². The molecule has 4 aromatic carbocycles. The van der Waals surface area contributed by atoms with E-state index in [-0.39, 0.29) is 11.5 Å². The molecule has 2 aromatic heterocycles. The highest BCUT2D eigenvalue weighted by Crippen LogP contribution is 2.19. The van der Waals surface area contributed by atoms with Gasteiger partial charge >= 0.3 is 5.56 Å². The highest BCUT2D eigenvalue weighted by atomic mass is 16.1. The van der Waals surface area contributed by atoms with Gasteiger partial charge in [-0.1, -0.05) is 72.8 Å². The number of fused-ring (bicyclic) bond motifs is 3. The SMILES string of the molecule is Nc1nc2c(c(=O)[nH]1)[n+](Cc1ccc3ccccc3c1)cn2Cc1ccc2ccccc2c1. The molecule has 0 unspecified atom stereocenters. The minimum Gasteiger partial charge on any atom is -0.369 e. The van der Waals surface area contributed by atoms with Gasteiger partial charge in [0.05, 0.1) is 0 Å². The van der Waals surface area contributed by atoms with Crippen LogP contribution in [0.4, 0.5) is 5.95 Å². The molecule has 0 amide bonds. The molecule has 0 aliphatic rings. The van der Waals surface area contributed by atoms with Crippen molar-refractivity contribution in [2.24, 2.45) is 0 Å². The molecule has 6 heteroatoms. The number of nitrogens with zero attached hydrogens (tertiary/aromatic N) is 3. The summed E-state index contributed by atoms with van der Waals surface area (Å²) in [6, 6.07) is 29.3. The fourth-order valence-corrected chi connectivity index (χ4v) is 4.52. The maximum atomic E-state index is 12.9. The molecule has 0 aliphatic carbocycles. The van der Waals surface area contributed by atoms with Crippen molar-refractivity contribution in [2.75, 3.05) is 5.73 Å². The average Bonchev–Trinajstić information content (AvgIpc) is 3.15. The van der Waals surface area contributed by atoms with E-state index in [0.29, 0.717) is 24.3 Å². The van der Waals surface area contributed by atoms with Crippen molar-refractivity contribution in [2.45, 2.75) is 13.1 Å². The molecule has 3 N–H and O–H groups in total. The van der Waals surface area contributed by atoms with Crippen LogP contribution in [0.2, 0.25) is 0 Å². The van der Waals surface area contributed by atoms with Gasteiger partial charge in [-0.15, -0.1) is 0 Å². The Morgan fingerprint density at radius 3 is 2.12 bits per heavy atom. The molecule has 0 aliphatic heterocycles. The number of hydrogen-bond acceptors (Lipinski definition) is 3. The number of aromatic amines is 1. The van der Waals surface area contributed by atoms with E-state index in [2.05, 4.69) is 70.6 Å². The minimum absolute atomic E-state index is 0.114. The molecule has 0 fully saturated rings. The van der Waals surface area contributed by atoms with E-state index in [1.165, 1.54) is 21.5 Å². The highest BCUT2D eigenvalue weighted by molar-refractivity contribution is 5.83. The van der Waals surface area contributed by atoms with Crippen LogP contribution >= 0.6 is 0 Å². The molecule has 0 radical (unpaired) electrons. The van der Waals surface area contributed by atoms with Gasteiger partial charge in [-0.05, 0) is 44.8 Å². The van der Waals surface area contributed by atoms with E-state index in [1.54, 1.807) is 0 Å². The van der Waals surface area contributed by atoms with Gasteiger partial charge in [0, 0.05) is 0 Å². The number of rotatable bonds is 4. The molecule has 0 bridgehead atoms. The molecule has 0 spiro atoms. The fourth-order valence-electron chi connectivity index (χ4n) is 4.52. The second-order valence-electron chi connectivity index (χ2n) is 8.36. The zero-order valence-corrected chi connectivity index (χ0v) is 17.9. The Kier molecular flexibility index (Phi) is 4.43. The summed E-state index contributed by atoms with van der Waals surface area (Å²) in [6.45, 7) is 1.14. The lowest BCUT2D eigenvalue weighted by molar-refractivity contribution is -0.663. The van der Waals surface area contributed by atoms with Gasteiger partial charge in [0.1, 0.15) is 13.1 Å². The van der Waals surface area contributed by atoms with Gasteiger partial charge in [0.25, 0.3) is 11.2 Å². The largest absolute Gasteiger partial charge is 0.369 e. The zero-order valence-electron chi connectivity index (χ0n) is 17.9. The summed E-state index contributed by atoms with van der Waals surface area (Å²) in [6.07, 6.45) is 1.96. The Balaban J connectivity index is 1.44. The van der Waals surface area contributed by atoms with Gasteiger partial charge in [-0.3, -0.25) is 9.78 Å². The van der Waals surface area contributed by atoms with Crippen LogP contribution in [0.5, 0.6) is 0 Å². The van der Waals surface area contributed by atoms with Crippen molar-refractivity contribution in [1.82, 2.24) is 14.5 Å². The molecular weight excluding hydrogens is 410 g/mol. The first-order valence-corrected chi connectivity index (χ1v) is 10.9. The van der Waals surface area contributed by atoms with Crippen molar-refractivity contribution in [3.63, 3.8) is 0 Å². The van der Waals surface area contributed by atoms with Crippen LogP contribution in [0.25, 0.3) is 32.7 Å².